The van der Waals surface area contributed by atoms with Gasteiger partial charge in [-0.3, -0.25) is 0 Å². The van der Waals surface area contributed by atoms with Crippen molar-refractivity contribution in [1.82, 2.24) is 0 Å². The fraction of sp³-hybridized carbons (Fsp3) is 0.179. The molecule has 0 aliphatic carbocycles. The van der Waals surface area contributed by atoms with Crippen LogP contribution in [0.4, 0.5) is 0 Å². The molecule has 0 atom stereocenters. The Labute approximate surface area is 268 Å². The van der Waals surface area contributed by atoms with Gasteiger partial charge in [-0.1, -0.05) is 115 Å². The standard InChI is InChI=1S/C37H36Si.2CH3.Hf/c1-5-6-19-38(4,32-22-30-15-9-17-34(36(30)24-32)28-13-7-11-26(2)20-28)33-23-31-16-10-18-35(37(31)25-33)29-14-8-12-27(3)21-29;;;/h7-18,20-25H,5-6,19H2,1-4H3;2*1H3;/q-2;2*-1;+4. The number of hydrogen-bond donors (Lipinski definition) is 0. The van der Waals surface area contributed by atoms with Gasteiger partial charge in [0.2, 0.25) is 0 Å². The van der Waals surface area contributed by atoms with E-state index in [1.54, 1.807) is 10.4 Å². The predicted octanol–water partition coefficient (Wildman–Crippen LogP) is 10.3. The quantitative estimate of drug-likeness (QED) is 0.114. The molecular formula is C39H42HfSi. The second-order valence-corrected chi connectivity index (χ2v) is 15.6. The SMILES string of the molecule is CCCC[Si](C)(c1cc2c(-c3cccc(C)c3)cccc2[cH-]1)c1cc2c(-c3cccc(C)c3)cccc2[cH-]1.[CH3-].[CH3-].[Hf+4]. The summed E-state index contributed by atoms with van der Waals surface area (Å²) in [5, 5.41) is 8.64. The second kappa shape index (κ2) is 13.4. The summed E-state index contributed by atoms with van der Waals surface area (Å²) in [6.45, 7) is 9.28. The van der Waals surface area contributed by atoms with Gasteiger partial charge in [0.1, 0.15) is 0 Å². The first-order valence-corrected chi connectivity index (χ1v) is 16.7. The first-order valence-electron chi connectivity index (χ1n) is 14.0. The molecule has 0 spiro atoms. The smallest absolute Gasteiger partial charge is 0.358 e. The summed E-state index contributed by atoms with van der Waals surface area (Å²) in [5.41, 5.74) is 7.93. The molecule has 0 heterocycles. The van der Waals surface area contributed by atoms with Gasteiger partial charge in [-0.2, -0.15) is 12.1 Å². The van der Waals surface area contributed by atoms with E-state index in [1.165, 1.54) is 73.8 Å². The molecule has 0 unspecified atom stereocenters. The molecule has 41 heavy (non-hydrogen) atoms. The summed E-state index contributed by atoms with van der Waals surface area (Å²) < 4.78 is 0. The van der Waals surface area contributed by atoms with Crippen molar-refractivity contribution >= 4 is 40.0 Å². The van der Waals surface area contributed by atoms with Crippen LogP contribution in [0.25, 0.3) is 43.8 Å². The van der Waals surface area contributed by atoms with Crippen molar-refractivity contribution in [3.8, 4) is 22.3 Å². The Hall–Kier alpha value is -2.81. The normalized spacial score (nSPS) is 11.1. The Morgan fingerprint density at radius 3 is 1.46 bits per heavy atom. The van der Waals surface area contributed by atoms with Crippen LogP contribution in [0.2, 0.25) is 12.6 Å². The molecule has 0 bridgehead atoms. The van der Waals surface area contributed by atoms with Crippen LogP contribution in [0.3, 0.4) is 0 Å². The van der Waals surface area contributed by atoms with E-state index in [1.807, 2.05) is 0 Å². The third kappa shape index (κ3) is 6.20. The van der Waals surface area contributed by atoms with Crippen LogP contribution in [0.15, 0.2) is 109 Å². The zero-order valence-corrected chi connectivity index (χ0v) is 30.1. The van der Waals surface area contributed by atoms with Gasteiger partial charge in [-0.15, -0.1) is 68.3 Å². The van der Waals surface area contributed by atoms with E-state index < -0.39 is 8.07 Å². The molecule has 0 nitrogen and oxygen atoms in total. The number of aryl methyl sites for hydroxylation is 2. The summed E-state index contributed by atoms with van der Waals surface area (Å²) in [4.78, 5) is 0. The van der Waals surface area contributed by atoms with Crippen molar-refractivity contribution in [3.05, 3.63) is 135 Å². The number of rotatable bonds is 7. The Morgan fingerprint density at radius 2 is 1.05 bits per heavy atom. The van der Waals surface area contributed by atoms with Crippen molar-refractivity contribution in [2.75, 3.05) is 0 Å². The molecule has 0 radical (unpaired) electrons. The van der Waals surface area contributed by atoms with Crippen LogP contribution >= 0.6 is 0 Å². The number of fused-ring (bicyclic) bond motifs is 2. The maximum absolute atomic E-state index is 2.60. The van der Waals surface area contributed by atoms with Gasteiger partial charge < -0.3 is 14.9 Å². The van der Waals surface area contributed by atoms with Crippen LogP contribution < -0.4 is 10.4 Å². The fourth-order valence-corrected chi connectivity index (χ4v) is 10.1. The molecule has 6 aromatic carbocycles. The topological polar surface area (TPSA) is 0 Å². The fourth-order valence-electron chi connectivity index (χ4n) is 6.22. The zero-order chi connectivity index (χ0) is 26.3. The van der Waals surface area contributed by atoms with E-state index in [9.17, 15) is 0 Å². The van der Waals surface area contributed by atoms with E-state index in [-0.39, 0.29) is 40.7 Å². The second-order valence-electron chi connectivity index (χ2n) is 11.3. The van der Waals surface area contributed by atoms with Gasteiger partial charge >= 0.3 is 25.8 Å². The van der Waals surface area contributed by atoms with Gasteiger partial charge in [0.05, 0.1) is 8.07 Å². The molecule has 0 saturated heterocycles. The summed E-state index contributed by atoms with van der Waals surface area (Å²) in [5.74, 6) is 0. The molecule has 0 aliphatic heterocycles. The van der Waals surface area contributed by atoms with E-state index in [2.05, 4.69) is 137 Å². The van der Waals surface area contributed by atoms with Crippen molar-refractivity contribution in [2.24, 2.45) is 0 Å². The molecule has 0 saturated carbocycles. The molecule has 6 aromatic rings. The largest absolute Gasteiger partial charge is 4.00 e. The first kappa shape index (κ1) is 32.7. The van der Waals surface area contributed by atoms with Crippen LogP contribution in [0.1, 0.15) is 30.9 Å². The van der Waals surface area contributed by atoms with Gasteiger partial charge in [-0.05, 0) is 25.0 Å². The average Bonchev–Trinajstić information content (AvgIpc) is 3.57. The van der Waals surface area contributed by atoms with Gasteiger partial charge in [0, 0.05) is 0 Å². The van der Waals surface area contributed by atoms with Crippen molar-refractivity contribution in [3.63, 3.8) is 0 Å². The molecule has 0 aromatic heterocycles. The average molecular weight is 717 g/mol. The maximum atomic E-state index is 2.60. The molecule has 2 heteroatoms. The third-order valence-corrected chi connectivity index (χ3v) is 12.9. The minimum absolute atomic E-state index is 0. The first-order chi connectivity index (χ1) is 18.5. The maximum Gasteiger partial charge on any atom is 4.00 e. The zero-order valence-electron chi connectivity index (χ0n) is 25.5. The number of unbranched alkanes of at least 4 members (excludes halogenated alkanes) is 1. The van der Waals surface area contributed by atoms with Crippen LogP contribution in [0, 0.1) is 28.7 Å². The van der Waals surface area contributed by atoms with E-state index >= 15 is 0 Å². The molecule has 0 aliphatic rings. The van der Waals surface area contributed by atoms with Crippen LogP contribution in [-0.2, 0) is 25.8 Å². The predicted molar refractivity (Wildman–Crippen MR) is 183 cm³/mol. The van der Waals surface area contributed by atoms with E-state index in [0.717, 1.165) is 0 Å². The van der Waals surface area contributed by atoms with Crippen molar-refractivity contribution < 1.29 is 25.8 Å². The van der Waals surface area contributed by atoms with Crippen molar-refractivity contribution in [1.29, 1.82) is 0 Å². The Morgan fingerprint density at radius 1 is 0.610 bits per heavy atom. The Kier molecular flexibility index (Phi) is 10.7. The molecule has 0 amide bonds. The molecule has 6 rings (SSSR count). The molecule has 0 N–H and O–H groups in total. The Bertz CT molecular complexity index is 1630. The summed E-state index contributed by atoms with van der Waals surface area (Å²) in [6.07, 6.45) is 2.49. The number of hydrogen-bond acceptors (Lipinski definition) is 0. The van der Waals surface area contributed by atoms with Crippen LogP contribution in [0.5, 0.6) is 0 Å². The van der Waals surface area contributed by atoms with Crippen LogP contribution in [-0.4, -0.2) is 8.07 Å². The minimum atomic E-state index is -1.96. The van der Waals surface area contributed by atoms with Gasteiger partial charge in [-0.25, -0.2) is 0 Å². The van der Waals surface area contributed by atoms with Gasteiger partial charge in [0.25, 0.3) is 0 Å². The summed E-state index contributed by atoms with van der Waals surface area (Å²) in [6, 6.07) is 42.8. The van der Waals surface area contributed by atoms with E-state index in [4.69, 9.17) is 0 Å². The summed E-state index contributed by atoms with van der Waals surface area (Å²) >= 11 is 0. The molecule has 0 fully saturated rings. The molecule has 206 valence electrons. The number of benzene rings is 4. The van der Waals surface area contributed by atoms with Gasteiger partial charge in [0.15, 0.2) is 0 Å². The molecular weight excluding hydrogens is 675 g/mol. The van der Waals surface area contributed by atoms with Crippen molar-refractivity contribution in [2.45, 2.75) is 46.2 Å². The Balaban J connectivity index is 0.00000154. The minimum Gasteiger partial charge on any atom is -0.358 e. The summed E-state index contributed by atoms with van der Waals surface area (Å²) in [7, 11) is -1.96. The monoisotopic (exact) mass is 718 g/mol. The van der Waals surface area contributed by atoms with E-state index in [0.29, 0.717) is 0 Å². The third-order valence-electron chi connectivity index (χ3n) is 8.46.